The number of carbonyl (C=O) groups is 5. The van der Waals surface area contributed by atoms with Crippen LogP contribution in [-0.2, 0) is 0 Å². The largest absolute Gasteiger partial charge is 0.478 e. The monoisotopic (exact) mass is 586 g/mol. The second-order valence-corrected chi connectivity index (χ2v) is 11.3. The number of aromatic carboxylic acids is 1. The minimum absolute atomic E-state index is 0.0767. The fraction of sp³-hybridized carbons (Fsp3) is 0. The average Bonchev–Trinajstić information content (AvgIpc) is 3.06. The van der Waals surface area contributed by atoms with E-state index >= 15 is 0 Å². The van der Waals surface area contributed by atoms with Gasteiger partial charge in [-0.15, -0.1) is 0 Å². The number of carboxylic acid groups (broad SMARTS) is 1. The summed E-state index contributed by atoms with van der Waals surface area (Å²) in [4.78, 5) is 69.6. The lowest BCUT2D eigenvalue weighted by atomic mass is 9.85. The molecule has 1 N–H and O–H groups in total. The van der Waals surface area contributed by atoms with Crippen molar-refractivity contribution in [3.63, 3.8) is 0 Å². The fourth-order valence-corrected chi connectivity index (χ4v) is 7.02. The third-order valence-corrected chi connectivity index (χ3v) is 8.99. The predicted octanol–water partition coefficient (Wildman–Crippen LogP) is 7.04. The number of hydrogen-bond acceptors (Lipinski definition) is 5. The Morgan fingerprint density at radius 2 is 0.978 bits per heavy atom. The molecule has 0 radical (unpaired) electrons. The zero-order chi connectivity index (χ0) is 30.7. The minimum atomic E-state index is -1.20. The van der Waals surface area contributed by atoms with E-state index in [-0.39, 0.29) is 44.3 Å². The summed E-state index contributed by atoms with van der Waals surface area (Å²) in [5.41, 5.74) is 1.18. The van der Waals surface area contributed by atoms with Crippen LogP contribution in [0.15, 0.2) is 103 Å². The van der Waals surface area contributed by atoms with Crippen molar-refractivity contribution in [2.45, 2.75) is 0 Å². The molecule has 0 unspecified atom stereocenters. The van der Waals surface area contributed by atoms with Gasteiger partial charge in [-0.2, -0.15) is 0 Å². The molecule has 0 atom stereocenters. The Hall–Kier alpha value is -6.41. The van der Waals surface area contributed by atoms with Crippen LogP contribution in [0, 0.1) is 0 Å². The third kappa shape index (κ3) is 3.17. The number of imide groups is 2. The number of hydrogen-bond donors (Lipinski definition) is 1. The van der Waals surface area contributed by atoms with Crippen LogP contribution in [0.3, 0.4) is 0 Å². The molecule has 0 bridgehead atoms. The summed E-state index contributed by atoms with van der Waals surface area (Å²) in [5, 5.41) is 15.8. The van der Waals surface area contributed by atoms with E-state index in [2.05, 4.69) is 6.07 Å². The Morgan fingerprint density at radius 3 is 1.56 bits per heavy atom. The predicted molar refractivity (Wildman–Crippen MR) is 170 cm³/mol. The van der Waals surface area contributed by atoms with Gasteiger partial charge in [0.15, 0.2) is 0 Å². The lowest BCUT2D eigenvalue weighted by molar-refractivity contribution is 0.0694. The van der Waals surface area contributed by atoms with E-state index in [1.54, 1.807) is 6.07 Å². The first kappa shape index (κ1) is 25.1. The van der Waals surface area contributed by atoms with Gasteiger partial charge >= 0.3 is 5.97 Å². The Labute approximate surface area is 253 Å². The normalized spacial score (nSPS) is 14.5. The average molecular weight is 587 g/mol. The summed E-state index contributed by atoms with van der Waals surface area (Å²) in [6.45, 7) is 0. The van der Waals surface area contributed by atoms with E-state index < -0.39 is 29.6 Å². The Balaban J connectivity index is 1.22. The molecule has 212 valence electrons. The molecular formula is C37H18N2O6. The van der Waals surface area contributed by atoms with Gasteiger partial charge in [0.25, 0.3) is 23.6 Å². The lowest BCUT2D eigenvalue weighted by Crippen LogP contribution is -2.43. The molecule has 45 heavy (non-hydrogen) atoms. The zero-order valence-electron chi connectivity index (χ0n) is 23.2. The molecule has 0 spiro atoms. The standard InChI is InChI=1S/C37H18N2O6/c40-33-24-12-14-26-32-27(15-13-25(31(24)32)34(41)38(33)22-6-2-5-21(17-22)37(44)45)36(43)39(35(26)42)28-16-10-20-8-7-18-3-1-4-19-9-11-23(28)30(20)29(18)19/h1-17H,(H,44,45). The maximum Gasteiger partial charge on any atom is 0.335 e. The van der Waals surface area contributed by atoms with E-state index in [4.69, 9.17) is 0 Å². The first-order valence-corrected chi connectivity index (χ1v) is 14.2. The summed E-state index contributed by atoms with van der Waals surface area (Å²) >= 11 is 0. The van der Waals surface area contributed by atoms with E-state index in [0.29, 0.717) is 5.69 Å². The van der Waals surface area contributed by atoms with Crippen molar-refractivity contribution in [3.05, 3.63) is 131 Å². The molecule has 0 fully saturated rings. The number of carbonyl (C=O) groups excluding carboxylic acids is 4. The molecule has 7 aromatic carbocycles. The minimum Gasteiger partial charge on any atom is -0.478 e. The van der Waals surface area contributed by atoms with Crippen LogP contribution in [0.2, 0.25) is 0 Å². The van der Waals surface area contributed by atoms with E-state index in [1.807, 2.05) is 42.5 Å². The number of nitrogens with zero attached hydrogens (tertiary/aromatic N) is 2. The highest BCUT2D eigenvalue weighted by molar-refractivity contribution is 6.43. The maximum atomic E-state index is 14.2. The summed E-state index contributed by atoms with van der Waals surface area (Å²) in [5.74, 6) is -3.65. The second kappa shape index (κ2) is 8.58. The van der Waals surface area contributed by atoms with Gasteiger partial charge in [0.2, 0.25) is 0 Å². The molecule has 4 amide bonds. The number of rotatable bonds is 3. The molecule has 2 heterocycles. The molecule has 2 aliphatic heterocycles. The van der Waals surface area contributed by atoms with Crippen molar-refractivity contribution in [3.8, 4) is 0 Å². The van der Waals surface area contributed by atoms with Crippen LogP contribution in [0.4, 0.5) is 11.4 Å². The topological polar surface area (TPSA) is 112 Å². The molecule has 0 saturated carbocycles. The molecule has 0 aliphatic carbocycles. The van der Waals surface area contributed by atoms with Crippen LogP contribution in [-0.4, -0.2) is 34.7 Å². The van der Waals surface area contributed by atoms with E-state index in [9.17, 15) is 29.1 Å². The van der Waals surface area contributed by atoms with E-state index in [0.717, 1.165) is 37.2 Å². The number of amides is 4. The Kier molecular flexibility index (Phi) is 4.79. The van der Waals surface area contributed by atoms with Gasteiger partial charge in [0.05, 0.1) is 16.9 Å². The Morgan fingerprint density at radius 1 is 0.489 bits per heavy atom. The summed E-state index contributed by atoms with van der Waals surface area (Å²) in [6.07, 6.45) is 0. The van der Waals surface area contributed by atoms with Crippen molar-refractivity contribution in [2.75, 3.05) is 9.80 Å². The molecule has 7 aromatic rings. The van der Waals surface area contributed by atoms with Crippen molar-refractivity contribution < 1.29 is 29.1 Å². The summed E-state index contributed by atoms with van der Waals surface area (Å²) in [6, 6.07) is 29.3. The SMILES string of the molecule is O=C(O)c1cccc(N2C(=O)c3ccc4c5c(ccc(c35)C2=O)C(=O)N(c2ccc3ccc5cccc6ccc2c3c56)C4=O)c1. The number of benzene rings is 7. The van der Waals surface area contributed by atoms with Gasteiger partial charge < -0.3 is 5.11 Å². The zero-order valence-corrected chi connectivity index (χ0v) is 23.2. The van der Waals surface area contributed by atoms with Crippen LogP contribution >= 0.6 is 0 Å². The molecule has 0 aromatic heterocycles. The van der Waals surface area contributed by atoms with Gasteiger partial charge in [-0.3, -0.25) is 19.2 Å². The second-order valence-electron chi connectivity index (χ2n) is 11.3. The van der Waals surface area contributed by atoms with Crippen molar-refractivity contribution in [2.24, 2.45) is 0 Å². The quantitative estimate of drug-likeness (QED) is 0.176. The van der Waals surface area contributed by atoms with Crippen molar-refractivity contribution >= 4 is 84.1 Å². The van der Waals surface area contributed by atoms with Gasteiger partial charge in [-0.1, -0.05) is 54.6 Å². The highest BCUT2D eigenvalue weighted by Crippen LogP contribution is 2.43. The van der Waals surface area contributed by atoms with Crippen molar-refractivity contribution in [1.29, 1.82) is 0 Å². The number of anilines is 2. The first-order chi connectivity index (χ1) is 21.8. The van der Waals surface area contributed by atoms with Gasteiger partial charge in [0, 0.05) is 38.4 Å². The maximum absolute atomic E-state index is 14.2. The smallest absolute Gasteiger partial charge is 0.335 e. The summed E-state index contributed by atoms with van der Waals surface area (Å²) in [7, 11) is 0. The summed E-state index contributed by atoms with van der Waals surface area (Å²) < 4.78 is 0. The number of carboxylic acids is 1. The van der Waals surface area contributed by atoms with Gasteiger partial charge in [0.1, 0.15) is 0 Å². The third-order valence-electron chi connectivity index (χ3n) is 8.99. The van der Waals surface area contributed by atoms with Gasteiger partial charge in [-0.25, -0.2) is 14.6 Å². The lowest BCUT2D eigenvalue weighted by Gasteiger charge is -2.32. The van der Waals surface area contributed by atoms with Crippen LogP contribution < -0.4 is 9.80 Å². The van der Waals surface area contributed by atoms with Crippen molar-refractivity contribution in [1.82, 2.24) is 0 Å². The van der Waals surface area contributed by atoms with Crippen LogP contribution in [0.5, 0.6) is 0 Å². The molecule has 8 heteroatoms. The highest BCUT2D eigenvalue weighted by atomic mass is 16.4. The molecule has 2 aliphatic rings. The van der Waals surface area contributed by atoms with E-state index in [1.165, 1.54) is 53.4 Å². The van der Waals surface area contributed by atoms with Gasteiger partial charge in [-0.05, 0) is 75.5 Å². The van der Waals surface area contributed by atoms with Crippen LogP contribution in [0.1, 0.15) is 51.8 Å². The first-order valence-electron chi connectivity index (χ1n) is 14.2. The Bertz CT molecular complexity index is 2480. The molecule has 8 nitrogen and oxygen atoms in total. The fourth-order valence-electron chi connectivity index (χ4n) is 7.02. The molecule has 9 rings (SSSR count). The van der Waals surface area contributed by atoms with Crippen LogP contribution in [0.25, 0.3) is 43.1 Å². The highest BCUT2D eigenvalue weighted by Gasteiger charge is 2.41. The molecular weight excluding hydrogens is 568 g/mol. The molecule has 0 saturated heterocycles.